The zero-order valence-corrected chi connectivity index (χ0v) is 12.6. The Bertz CT molecular complexity index is 683. The van der Waals surface area contributed by atoms with Crippen molar-refractivity contribution in [3.63, 3.8) is 0 Å². The smallest absolute Gasteiger partial charge is 0.344 e. The van der Waals surface area contributed by atoms with Gasteiger partial charge < -0.3 is 19.9 Å². The average molecular weight is 320 g/mol. The normalized spacial score (nSPS) is 16.7. The highest BCUT2D eigenvalue weighted by molar-refractivity contribution is 6.14. The van der Waals surface area contributed by atoms with Crippen molar-refractivity contribution in [2.24, 2.45) is 0 Å². The number of rotatable bonds is 6. The molecule has 1 aromatic carbocycles. The van der Waals surface area contributed by atoms with Gasteiger partial charge in [-0.1, -0.05) is 6.07 Å². The van der Waals surface area contributed by atoms with Crippen molar-refractivity contribution in [3.05, 3.63) is 29.5 Å². The van der Waals surface area contributed by atoms with E-state index in [4.69, 9.17) is 14.6 Å². The molecule has 0 unspecified atom stereocenters. The number of benzene rings is 1. The minimum Gasteiger partial charge on any atom is -0.490 e. The summed E-state index contributed by atoms with van der Waals surface area (Å²) in [5.41, 5.74) is 0.709. The number of amides is 3. The summed E-state index contributed by atoms with van der Waals surface area (Å²) in [5, 5.41) is 13.4. The number of ether oxygens (including phenoxy) is 2. The number of carboxylic acid groups (broad SMARTS) is 1. The summed E-state index contributed by atoms with van der Waals surface area (Å²) >= 11 is 0. The lowest BCUT2D eigenvalue weighted by atomic mass is 10.1. The van der Waals surface area contributed by atoms with E-state index in [9.17, 15) is 14.4 Å². The van der Waals surface area contributed by atoms with Gasteiger partial charge in [0.05, 0.1) is 6.61 Å². The molecule has 2 rings (SSSR count). The molecule has 0 saturated carbocycles. The van der Waals surface area contributed by atoms with Crippen LogP contribution in [0.1, 0.15) is 19.4 Å². The molecule has 0 aromatic heterocycles. The molecule has 1 heterocycles. The topological polar surface area (TPSA) is 114 Å². The van der Waals surface area contributed by atoms with Crippen LogP contribution in [0.25, 0.3) is 6.08 Å². The molecule has 1 saturated heterocycles. The predicted octanol–water partition coefficient (Wildman–Crippen LogP) is 1.12. The lowest BCUT2D eigenvalue weighted by Gasteiger charge is -2.15. The van der Waals surface area contributed by atoms with Gasteiger partial charge >= 0.3 is 12.0 Å². The third kappa shape index (κ3) is 4.00. The molecule has 1 fully saturated rings. The largest absolute Gasteiger partial charge is 0.490 e. The SMILES string of the molecule is CCOc1cc(/C=C2\NC(=O)NC2=O)ccc1O[C@H](C)C(=O)O. The molecule has 23 heavy (non-hydrogen) atoms. The Morgan fingerprint density at radius 2 is 2.04 bits per heavy atom. The van der Waals surface area contributed by atoms with Gasteiger partial charge in [-0.2, -0.15) is 0 Å². The van der Waals surface area contributed by atoms with E-state index in [1.165, 1.54) is 13.0 Å². The quantitative estimate of drug-likeness (QED) is 0.534. The maximum Gasteiger partial charge on any atom is 0.344 e. The zero-order valence-electron chi connectivity index (χ0n) is 12.6. The Morgan fingerprint density at radius 3 is 2.61 bits per heavy atom. The minimum atomic E-state index is -1.09. The molecular weight excluding hydrogens is 304 g/mol. The van der Waals surface area contributed by atoms with Crippen LogP contribution in [0.4, 0.5) is 4.79 Å². The first-order valence-electron chi connectivity index (χ1n) is 6.91. The lowest BCUT2D eigenvalue weighted by Crippen LogP contribution is -2.23. The molecule has 0 radical (unpaired) electrons. The maximum absolute atomic E-state index is 11.5. The number of carboxylic acids is 1. The molecule has 1 atom stereocenters. The average Bonchev–Trinajstić information content (AvgIpc) is 2.79. The Kier molecular flexibility index (Phi) is 4.85. The zero-order chi connectivity index (χ0) is 17.0. The molecule has 1 aliphatic heterocycles. The summed E-state index contributed by atoms with van der Waals surface area (Å²) in [7, 11) is 0. The molecule has 1 aromatic rings. The van der Waals surface area contributed by atoms with E-state index in [0.717, 1.165) is 0 Å². The standard InChI is InChI=1S/C15H16N2O6/c1-3-22-12-7-9(6-10-13(18)17-15(21)16-10)4-5-11(12)23-8(2)14(19)20/h4-8H,3H2,1-2H3,(H,19,20)(H2,16,17,18,21)/b10-6-/t8-/m1/s1. The third-order valence-electron chi connectivity index (χ3n) is 2.95. The van der Waals surface area contributed by atoms with Crippen LogP contribution in [0.15, 0.2) is 23.9 Å². The van der Waals surface area contributed by atoms with Crippen LogP contribution in [0.5, 0.6) is 11.5 Å². The van der Waals surface area contributed by atoms with Crippen molar-refractivity contribution < 1.29 is 29.0 Å². The van der Waals surface area contributed by atoms with Gasteiger partial charge in [-0.3, -0.25) is 10.1 Å². The van der Waals surface area contributed by atoms with Crippen molar-refractivity contribution in [2.45, 2.75) is 20.0 Å². The fourth-order valence-corrected chi connectivity index (χ4v) is 1.87. The van der Waals surface area contributed by atoms with E-state index >= 15 is 0 Å². The van der Waals surface area contributed by atoms with E-state index in [1.807, 2.05) is 0 Å². The van der Waals surface area contributed by atoms with E-state index in [1.54, 1.807) is 25.1 Å². The summed E-state index contributed by atoms with van der Waals surface area (Å²) in [5.74, 6) is -0.986. The highest BCUT2D eigenvalue weighted by Gasteiger charge is 2.23. The van der Waals surface area contributed by atoms with Gasteiger partial charge in [0, 0.05) is 0 Å². The highest BCUT2D eigenvalue weighted by Crippen LogP contribution is 2.30. The van der Waals surface area contributed by atoms with Crippen LogP contribution < -0.4 is 20.1 Å². The lowest BCUT2D eigenvalue weighted by molar-refractivity contribution is -0.144. The van der Waals surface area contributed by atoms with Crippen LogP contribution in [-0.4, -0.2) is 35.7 Å². The van der Waals surface area contributed by atoms with Gasteiger partial charge in [0.1, 0.15) is 5.70 Å². The number of imide groups is 1. The van der Waals surface area contributed by atoms with E-state index in [2.05, 4.69) is 10.6 Å². The van der Waals surface area contributed by atoms with Crippen LogP contribution in [0, 0.1) is 0 Å². The molecular formula is C15H16N2O6. The van der Waals surface area contributed by atoms with Crippen LogP contribution in [-0.2, 0) is 9.59 Å². The first kappa shape index (κ1) is 16.3. The second kappa shape index (κ2) is 6.82. The Labute approximate surface area is 132 Å². The number of hydrogen-bond donors (Lipinski definition) is 3. The predicted molar refractivity (Wildman–Crippen MR) is 80.0 cm³/mol. The number of aliphatic carboxylic acids is 1. The Morgan fingerprint density at radius 1 is 1.30 bits per heavy atom. The van der Waals surface area contributed by atoms with Crippen molar-refractivity contribution in [3.8, 4) is 11.5 Å². The summed E-state index contributed by atoms with van der Waals surface area (Å²) in [6.45, 7) is 3.54. The summed E-state index contributed by atoms with van der Waals surface area (Å²) in [4.78, 5) is 33.5. The van der Waals surface area contributed by atoms with Gasteiger partial charge in [0.25, 0.3) is 5.91 Å². The second-order valence-electron chi connectivity index (χ2n) is 4.70. The van der Waals surface area contributed by atoms with Crippen LogP contribution in [0.3, 0.4) is 0 Å². The maximum atomic E-state index is 11.5. The van der Waals surface area contributed by atoms with Crippen molar-refractivity contribution in [1.82, 2.24) is 10.6 Å². The third-order valence-corrected chi connectivity index (χ3v) is 2.95. The molecule has 0 spiro atoms. The van der Waals surface area contributed by atoms with Gasteiger partial charge in [-0.15, -0.1) is 0 Å². The van der Waals surface area contributed by atoms with Crippen molar-refractivity contribution >= 4 is 24.0 Å². The molecule has 0 bridgehead atoms. The number of hydrogen-bond acceptors (Lipinski definition) is 5. The summed E-state index contributed by atoms with van der Waals surface area (Å²) in [6.07, 6.45) is 0.450. The first-order chi connectivity index (χ1) is 10.9. The van der Waals surface area contributed by atoms with E-state index in [0.29, 0.717) is 17.9 Å². The minimum absolute atomic E-state index is 0.116. The van der Waals surface area contributed by atoms with Gasteiger partial charge in [0.2, 0.25) is 0 Å². The molecule has 8 heteroatoms. The number of nitrogens with one attached hydrogen (secondary N) is 2. The number of carbonyl (C=O) groups is 3. The summed E-state index contributed by atoms with van der Waals surface area (Å²) < 4.78 is 10.8. The van der Waals surface area contributed by atoms with E-state index in [-0.39, 0.29) is 11.4 Å². The van der Waals surface area contributed by atoms with Crippen molar-refractivity contribution in [1.29, 1.82) is 0 Å². The second-order valence-corrected chi connectivity index (χ2v) is 4.70. The molecule has 1 aliphatic rings. The monoisotopic (exact) mass is 320 g/mol. The molecule has 3 amide bonds. The molecule has 3 N–H and O–H groups in total. The molecule has 8 nitrogen and oxygen atoms in total. The van der Waals surface area contributed by atoms with Crippen LogP contribution >= 0.6 is 0 Å². The van der Waals surface area contributed by atoms with Crippen LogP contribution in [0.2, 0.25) is 0 Å². The number of urea groups is 1. The highest BCUT2D eigenvalue weighted by atomic mass is 16.5. The molecule has 122 valence electrons. The molecule has 0 aliphatic carbocycles. The Hall–Kier alpha value is -3.03. The Balaban J connectivity index is 2.28. The first-order valence-corrected chi connectivity index (χ1v) is 6.91. The fourth-order valence-electron chi connectivity index (χ4n) is 1.87. The van der Waals surface area contributed by atoms with Gasteiger partial charge in [-0.25, -0.2) is 9.59 Å². The van der Waals surface area contributed by atoms with E-state index < -0.39 is 24.0 Å². The number of carbonyl (C=O) groups excluding carboxylic acids is 2. The van der Waals surface area contributed by atoms with Gasteiger partial charge in [0.15, 0.2) is 17.6 Å². The fraction of sp³-hybridized carbons (Fsp3) is 0.267. The van der Waals surface area contributed by atoms with Crippen molar-refractivity contribution in [2.75, 3.05) is 6.61 Å². The summed E-state index contributed by atoms with van der Waals surface area (Å²) in [6, 6.07) is 4.18. The van der Waals surface area contributed by atoms with Gasteiger partial charge in [-0.05, 0) is 37.6 Å².